The van der Waals surface area contributed by atoms with Crippen molar-refractivity contribution in [2.45, 2.75) is 13.5 Å². The number of pyridine rings is 1. The number of carboxylic acids is 1. The van der Waals surface area contributed by atoms with E-state index >= 15 is 0 Å². The lowest BCUT2D eigenvalue weighted by atomic mass is 10.1. The molecule has 0 bridgehead atoms. The zero-order valence-electron chi connectivity index (χ0n) is 12.7. The molecule has 0 amide bonds. The van der Waals surface area contributed by atoms with Gasteiger partial charge in [-0.2, -0.15) is 0 Å². The van der Waals surface area contributed by atoms with E-state index in [2.05, 4.69) is 4.98 Å². The normalized spacial score (nSPS) is 10.7. The highest BCUT2D eigenvalue weighted by molar-refractivity contribution is 6.03. The lowest BCUT2D eigenvalue weighted by Gasteiger charge is -2.07. The van der Waals surface area contributed by atoms with Crippen molar-refractivity contribution < 1.29 is 23.8 Å². The van der Waals surface area contributed by atoms with Gasteiger partial charge in [-0.15, -0.1) is 0 Å². The predicted molar refractivity (Wildman–Crippen MR) is 83.0 cm³/mol. The molecule has 0 fully saturated rings. The first kappa shape index (κ1) is 14.9. The van der Waals surface area contributed by atoms with Crippen LogP contribution < -0.4 is 9.47 Å². The number of carboxylic acid groups (broad SMARTS) is 1. The van der Waals surface area contributed by atoms with Crippen LogP contribution in [0.3, 0.4) is 0 Å². The largest absolute Gasteiger partial charge is 0.487 e. The summed E-state index contributed by atoms with van der Waals surface area (Å²) in [7, 11) is 1.55. The van der Waals surface area contributed by atoms with Crippen LogP contribution in [0.2, 0.25) is 0 Å². The lowest BCUT2D eigenvalue weighted by Crippen LogP contribution is -2.00. The summed E-state index contributed by atoms with van der Waals surface area (Å²) in [5.74, 6) is 0.414. The van der Waals surface area contributed by atoms with Crippen LogP contribution in [0.1, 0.15) is 21.8 Å². The molecular weight excluding hydrogens is 298 g/mol. The number of furan rings is 1. The molecule has 0 saturated carbocycles. The third-order valence-corrected chi connectivity index (χ3v) is 3.43. The van der Waals surface area contributed by atoms with Crippen molar-refractivity contribution in [2.24, 2.45) is 0 Å². The number of aromatic nitrogens is 1. The summed E-state index contributed by atoms with van der Waals surface area (Å²) in [5.41, 5.74) is 1.39. The van der Waals surface area contributed by atoms with Gasteiger partial charge in [0.1, 0.15) is 29.3 Å². The zero-order chi connectivity index (χ0) is 16.4. The second kappa shape index (κ2) is 6.00. The van der Waals surface area contributed by atoms with Crippen molar-refractivity contribution in [2.75, 3.05) is 7.11 Å². The van der Waals surface area contributed by atoms with Gasteiger partial charge in [0.25, 0.3) is 0 Å². The fourth-order valence-electron chi connectivity index (χ4n) is 2.36. The van der Waals surface area contributed by atoms with Crippen molar-refractivity contribution in [1.29, 1.82) is 0 Å². The summed E-state index contributed by atoms with van der Waals surface area (Å²) >= 11 is 0. The van der Waals surface area contributed by atoms with Gasteiger partial charge in [-0.3, -0.25) is 0 Å². The van der Waals surface area contributed by atoms with E-state index in [9.17, 15) is 9.90 Å². The van der Waals surface area contributed by atoms with E-state index in [1.807, 2.05) is 12.1 Å². The molecule has 3 aromatic rings. The summed E-state index contributed by atoms with van der Waals surface area (Å²) < 4.78 is 16.2. The molecule has 23 heavy (non-hydrogen) atoms. The molecule has 6 nitrogen and oxygen atoms in total. The van der Waals surface area contributed by atoms with E-state index in [0.717, 1.165) is 0 Å². The number of aryl methyl sites for hydroxylation is 1. The molecule has 0 aliphatic carbocycles. The molecule has 6 heteroatoms. The van der Waals surface area contributed by atoms with E-state index in [-0.39, 0.29) is 12.2 Å². The number of rotatable bonds is 5. The molecule has 3 rings (SSSR count). The quantitative estimate of drug-likeness (QED) is 0.777. The number of aromatic carboxylic acids is 1. The van der Waals surface area contributed by atoms with Crippen LogP contribution in [0.4, 0.5) is 0 Å². The molecule has 0 saturated heterocycles. The summed E-state index contributed by atoms with van der Waals surface area (Å²) in [6.45, 7) is 1.88. The van der Waals surface area contributed by atoms with Crippen molar-refractivity contribution in [3.05, 3.63) is 53.4 Å². The Labute approximate surface area is 132 Å². The van der Waals surface area contributed by atoms with Gasteiger partial charge in [-0.1, -0.05) is 6.07 Å². The topological polar surface area (TPSA) is 81.8 Å². The number of benzene rings is 1. The van der Waals surface area contributed by atoms with Crippen molar-refractivity contribution in [3.8, 4) is 11.6 Å². The third-order valence-electron chi connectivity index (χ3n) is 3.43. The van der Waals surface area contributed by atoms with Crippen LogP contribution in [-0.4, -0.2) is 23.2 Å². The van der Waals surface area contributed by atoms with Gasteiger partial charge in [0, 0.05) is 11.5 Å². The molecule has 1 N–H and O–H groups in total. The number of ether oxygens (including phenoxy) is 2. The maximum Gasteiger partial charge on any atom is 0.339 e. The molecule has 0 aliphatic heterocycles. The molecular formula is C17H15NO5. The van der Waals surface area contributed by atoms with Crippen molar-refractivity contribution >= 4 is 16.9 Å². The Balaban J connectivity index is 1.85. The number of hydrogen-bond acceptors (Lipinski definition) is 5. The number of carbonyl (C=O) groups is 1. The standard InChI is InChI=1S/C17H15NO5/c1-10-16(17(19)20)13-8-12(6-7-14(13)23-10)22-9-11-4-3-5-15(18-11)21-2/h3-8H,9H2,1-2H3,(H,19,20). The van der Waals surface area contributed by atoms with Crippen LogP contribution in [0.15, 0.2) is 40.8 Å². The average molecular weight is 313 g/mol. The highest BCUT2D eigenvalue weighted by Crippen LogP contribution is 2.29. The molecule has 0 atom stereocenters. The van der Waals surface area contributed by atoms with E-state index < -0.39 is 5.97 Å². The average Bonchev–Trinajstić information content (AvgIpc) is 2.88. The van der Waals surface area contributed by atoms with Gasteiger partial charge in [0.15, 0.2) is 0 Å². The summed E-state index contributed by atoms with van der Waals surface area (Å²) in [6.07, 6.45) is 0. The van der Waals surface area contributed by atoms with Crippen molar-refractivity contribution in [1.82, 2.24) is 4.98 Å². The Hall–Kier alpha value is -3.02. The second-order valence-corrected chi connectivity index (χ2v) is 4.96. The van der Waals surface area contributed by atoms with Crippen LogP contribution >= 0.6 is 0 Å². The first-order chi connectivity index (χ1) is 11.1. The highest BCUT2D eigenvalue weighted by atomic mass is 16.5. The van der Waals surface area contributed by atoms with Crippen LogP contribution in [0.25, 0.3) is 11.0 Å². The molecule has 118 valence electrons. The molecule has 2 aromatic heterocycles. The van der Waals surface area contributed by atoms with E-state index in [4.69, 9.17) is 13.9 Å². The molecule has 0 unspecified atom stereocenters. The van der Waals surface area contributed by atoms with Gasteiger partial charge in [0.2, 0.25) is 5.88 Å². The maximum atomic E-state index is 11.3. The first-order valence-electron chi connectivity index (χ1n) is 6.97. The summed E-state index contributed by atoms with van der Waals surface area (Å²) in [5, 5.41) is 9.80. The molecule has 0 aliphatic rings. The Morgan fingerprint density at radius 2 is 2.13 bits per heavy atom. The smallest absolute Gasteiger partial charge is 0.339 e. The third kappa shape index (κ3) is 2.96. The van der Waals surface area contributed by atoms with Crippen LogP contribution in [-0.2, 0) is 6.61 Å². The van der Waals surface area contributed by atoms with E-state index in [0.29, 0.717) is 34.1 Å². The molecule has 0 radical (unpaired) electrons. The van der Waals surface area contributed by atoms with Crippen LogP contribution in [0.5, 0.6) is 11.6 Å². The second-order valence-electron chi connectivity index (χ2n) is 4.96. The number of nitrogens with zero attached hydrogens (tertiary/aromatic N) is 1. The highest BCUT2D eigenvalue weighted by Gasteiger charge is 2.17. The fraction of sp³-hybridized carbons (Fsp3) is 0.176. The Bertz CT molecular complexity index is 869. The number of fused-ring (bicyclic) bond motifs is 1. The van der Waals surface area contributed by atoms with Crippen LogP contribution in [0, 0.1) is 6.92 Å². The summed E-state index contributed by atoms with van der Waals surface area (Å²) in [6, 6.07) is 10.5. The lowest BCUT2D eigenvalue weighted by molar-refractivity contribution is 0.0697. The molecule has 2 heterocycles. The molecule has 1 aromatic carbocycles. The van der Waals surface area contributed by atoms with Gasteiger partial charge in [-0.25, -0.2) is 9.78 Å². The first-order valence-corrected chi connectivity index (χ1v) is 6.97. The monoisotopic (exact) mass is 313 g/mol. The van der Waals surface area contributed by atoms with Gasteiger partial charge in [0.05, 0.1) is 12.8 Å². The van der Waals surface area contributed by atoms with Gasteiger partial charge in [-0.05, 0) is 31.2 Å². The Kier molecular flexibility index (Phi) is 3.89. The Morgan fingerprint density at radius 3 is 2.87 bits per heavy atom. The van der Waals surface area contributed by atoms with Gasteiger partial charge < -0.3 is 19.0 Å². The zero-order valence-corrected chi connectivity index (χ0v) is 12.7. The maximum absolute atomic E-state index is 11.3. The van der Waals surface area contributed by atoms with E-state index in [1.54, 1.807) is 38.3 Å². The Morgan fingerprint density at radius 1 is 1.30 bits per heavy atom. The number of hydrogen-bond donors (Lipinski definition) is 1. The minimum absolute atomic E-state index is 0.157. The predicted octanol–water partition coefficient (Wildman–Crippen LogP) is 3.42. The number of methoxy groups -OCH3 is 1. The van der Waals surface area contributed by atoms with Gasteiger partial charge >= 0.3 is 5.97 Å². The minimum Gasteiger partial charge on any atom is -0.487 e. The molecule has 0 spiro atoms. The summed E-state index contributed by atoms with van der Waals surface area (Å²) in [4.78, 5) is 15.6. The van der Waals surface area contributed by atoms with E-state index in [1.165, 1.54) is 0 Å². The fourth-order valence-corrected chi connectivity index (χ4v) is 2.36. The van der Waals surface area contributed by atoms with Crippen molar-refractivity contribution in [3.63, 3.8) is 0 Å². The minimum atomic E-state index is -1.02. The SMILES string of the molecule is COc1cccc(COc2ccc3oc(C)c(C(=O)O)c3c2)n1.